The van der Waals surface area contributed by atoms with Gasteiger partial charge in [0, 0.05) is 12.1 Å². The summed E-state index contributed by atoms with van der Waals surface area (Å²) in [5.74, 6) is -0.0496. The van der Waals surface area contributed by atoms with Gasteiger partial charge in [-0.1, -0.05) is 0 Å². The average Bonchev–Trinajstić information content (AvgIpc) is 2.85. The zero-order chi connectivity index (χ0) is 17.1. The summed E-state index contributed by atoms with van der Waals surface area (Å²) in [7, 11) is 1.40. The minimum Gasteiger partial charge on any atom is -0.496 e. The van der Waals surface area contributed by atoms with Gasteiger partial charge >= 0.3 is 0 Å². The van der Waals surface area contributed by atoms with Crippen LogP contribution in [0.15, 0.2) is 28.9 Å². The third-order valence-electron chi connectivity index (χ3n) is 3.34. The molecular weight excluding hydrogens is 368 g/mol. The fraction of sp³-hybridized carbons (Fsp3) is 0.286. The Morgan fingerprint density at radius 2 is 2.17 bits per heavy atom. The molecule has 122 valence electrons. The fourth-order valence-electron chi connectivity index (χ4n) is 2.03. The van der Waals surface area contributed by atoms with Crippen LogP contribution in [0.1, 0.15) is 18.7 Å². The van der Waals surface area contributed by atoms with Gasteiger partial charge in [-0.2, -0.15) is 5.10 Å². The monoisotopic (exact) mass is 382 g/mol. The summed E-state index contributed by atoms with van der Waals surface area (Å²) in [6.07, 6.45) is 1.61. The Bertz CT molecular complexity index is 759. The van der Waals surface area contributed by atoms with Crippen molar-refractivity contribution >= 4 is 33.2 Å². The van der Waals surface area contributed by atoms with Crippen molar-refractivity contribution in [2.45, 2.75) is 19.9 Å². The molecule has 1 aromatic carbocycles. The van der Waals surface area contributed by atoms with Crippen molar-refractivity contribution in [3.05, 3.63) is 44.7 Å². The molecule has 0 aliphatic carbocycles. The van der Waals surface area contributed by atoms with E-state index in [9.17, 15) is 14.9 Å². The first-order valence-electron chi connectivity index (χ1n) is 6.67. The molecule has 1 heterocycles. The number of benzene rings is 1. The fourth-order valence-corrected chi connectivity index (χ4v) is 2.30. The maximum absolute atomic E-state index is 12.4. The SMILES string of the molecule is COc1cc(NC(=O)C(C)n2ncc(Br)c2C)cc([N+](=O)[O-])c1. The Kier molecular flexibility index (Phi) is 4.99. The maximum Gasteiger partial charge on any atom is 0.275 e. The predicted molar refractivity (Wildman–Crippen MR) is 87.7 cm³/mol. The molecule has 0 saturated heterocycles. The van der Waals surface area contributed by atoms with Crippen LogP contribution in [0.2, 0.25) is 0 Å². The summed E-state index contributed by atoms with van der Waals surface area (Å²) in [6, 6.07) is 3.50. The number of anilines is 1. The molecule has 1 atom stereocenters. The van der Waals surface area contributed by atoms with Gasteiger partial charge in [0.05, 0.1) is 40.2 Å². The van der Waals surface area contributed by atoms with Gasteiger partial charge in [-0.3, -0.25) is 19.6 Å². The van der Waals surface area contributed by atoms with Crippen LogP contribution >= 0.6 is 15.9 Å². The van der Waals surface area contributed by atoms with Crippen LogP contribution in [-0.2, 0) is 4.79 Å². The van der Waals surface area contributed by atoms with E-state index in [4.69, 9.17) is 4.74 Å². The lowest BCUT2D eigenvalue weighted by atomic mass is 10.2. The molecule has 1 amide bonds. The van der Waals surface area contributed by atoms with E-state index in [1.54, 1.807) is 17.8 Å². The first-order valence-corrected chi connectivity index (χ1v) is 7.46. The van der Waals surface area contributed by atoms with Crippen molar-refractivity contribution in [2.24, 2.45) is 0 Å². The summed E-state index contributed by atoms with van der Waals surface area (Å²) < 4.78 is 7.38. The number of hydrogen-bond donors (Lipinski definition) is 1. The normalized spacial score (nSPS) is 11.8. The largest absolute Gasteiger partial charge is 0.496 e. The van der Waals surface area contributed by atoms with E-state index >= 15 is 0 Å². The molecule has 1 unspecified atom stereocenters. The molecule has 1 aromatic heterocycles. The molecular formula is C14H15BrN4O4. The van der Waals surface area contributed by atoms with Crippen LogP contribution < -0.4 is 10.1 Å². The second kappa shape index (κ2) is 6.78. The van der Waals surface area contributed by atoms with Crippen molar-refractivity contribution in [1.82, 2.24) is 9.78 Å². The van der Waals surface area contributed by atoms with Gasteiger partial charge in [-0.15, -0.1) is 0 Å². The molecule has 9 heteroatoms. The molecule has 1 N–H and O–H groups in total. The number of ether oxygens (including phenoxy) is 1. The molecule has 2 aromatic rings. The Balaban J connectivity index is 2.24. The molecule has 0 saturated carbocycles. The summed E-state index contributed by atoms with van der Waals surface area (Å²) >= 11 is 3.34. The molecule has 0 fully saturated rings. The van der Waals surface area contributed by atoms with Gasteiger partial charge in [-0.05, 0) is 29.8 Å². The molecule has 2 rings (SSSR count). The van der Waals surface area contributed by atoms with Crippen molar-refractivity contribution in [3.63, 3.8) is 0 Å². The van der Waals surface area contributed by atoms with Gasteiger partial charge in [0.15, 0.2) is 0 Å². The zero-order valence-corrected chi connectivity index (χ0v) is 14.3. The number of non-ortho nitro benzene ring substituents is 1. The summed E-state index contributed by atoms with van der Waals surface area (Å²) in [5.41, 5.74) is 0.936. The van der Waals surface area contributed by atoms with Gasteiger partial charge in [0.1, 0.15) is 11.8 Å². The second-order valence-electron chi connectivity index (χ2n) is 4.86. The minimum absolute atomic E-state index is 0.162. The minimum atomic E-state index is -0.577. The number of carbonyl (C=O) groups excluding carboxylic acids is 1. The summed E-state index contributed by atoms with van der Waals surface area (Å²) in [4.78, 5) is 22.7. The topological polar surface area (TPSA) is 99.3 Å². The van der Waals surface area contributed by atoms with E-state index in [1.165, 1.54) is 25.3 Å². The Morgan fingerprint density at radius 1 is 1.48 bits per heavy atom. The van der Waals surface area contributed by atoms with Crippen molar-refractivity contribution < 1.29 is 14.5 Å². The van der Waals surface area contributed by atoms with Crippen LogP contribution in [0.25, 0.3) is 0 Å². The first kappa shape index (κ1) is 16.9. The predicted octanol–water partition coefficient (Wildman–Crippen LogP) is 3.07. The number of nitrogens with zero attached hydrogens (tertiary/aromatic N) is 3. The molecule has 0 bridgehead atoms. The smallest absolute Gasteiger partial charge is 0.275 e. The highest BCUT2D eigenvalue weighted by molar-refractivity contribution is 9.10. The van der Waals surface area contributed by atoms with Gasteiger partial charge in [0.2, 0.25) is 5.91 Å². The lowest BCUT2D eigenvalue weighted by Gasteiger charge is -2.15. The third kappa shape index (κ3) is 3.67. The number of hydrogen-bond acceptors (Lipinski definition) is 5. The van der Waals surface area contributed by atoms with E-state index in [-0.39, 0.29) is 17.3 Å². The molecule has 0 aliphatic heterocycles. The lowest BCUT2D eigenvalue weighted by Crippen LogP contribution is -2.25. The van der Waals surface area contributed by atoms with Gasteiger partial charge < -0.3 is 10.1 Å². The maximum atomic E-state index is 12.4. The average molecular weight is 383 g/mol. The van der Waals surface area contributed by atoms with Crippen molar-refractivity contribution in [2.75, 3.05) is 12.4 Å². The molecule has 0 aliphatic rings. The number of methoxy groups -OCH3 is 1. The standard InChI is InChI=1S/C14H15BrN4O4/c1-8-13(15)7-16-18(8)9(2)14(20)17-10-4-11(19(21)22)6-12(5-10)23-3/h4-7,9H,1-3H3,(H,17,20). The molecule has 23 heavy (non-hydrogen) atoms. The van der Waals surface area contributed by atoms with Gasteiger partial charge in [0.25, 0.3) is 5.69 Å². The van der Waals surface area contributed by atoms with E-state index in [1.807, 2.05) is 6.92 Å². The summed E-state index contributed by atoms with van der Waals surface area (Å²) in [6.45, 7) is 3.52. The van der Waals surface area contributed by atoms with Crippen LogP contribution in [0.5, 0.6) is 5.75 Å². The Hall–Kier alpha value is -2.42. The highest BCUT2D eigenvalue weighted by Gasteiger charge is 2.20. The molecule has 8 nitrogen and oxygen atoms in total. The van der Waals surface area contributed by atoms with E-state index < -0.39 is 11.0 Å². The van der Waals surface area contributed by atoms with E-state index in [0.717, 1.165) is 10.2 Å². The quantitative estimate of drug-likeness (QED) is 0.632. The number of nitrogens with one attached hydrogen (secondary N) is 1. The number of amides is 1. The lowest BCUT2D eigenvalue weighted by molar-refractivity contribution is -0.384. The number of nitro groups is 1. The van der Waals surface area contributed by atoms with Crippen LogP contribution in [0.3, 0.4) is 0 Å². The van der Waals surface area contributed by atoms with E-state index in [0.29, 0.717) is 5.75 Å². The number of halogens is 1. The Labute approximate surface area is 140 Å². The van der Waals surface area contributed by atoms with Crippen molar-refractivity contribution in [1.29, 1.82) is 0 Å². The van der Waals surface area contributed by atoms with Gasteiger partial charge in [-0.25, -0.2) is 0 Å². The first-order chi connectivity index (χ1) is 10.8. The Morgan fingerprint density at radius 3 is 2.70 bits per heavy atom. The zero-order valence-electron chi connectivity index (χ0n) is 12.7. The van der Waals surface area contributed by atoms with Crippen LogP contribution in [-0.4, -0.2) is 27.7 Å². The molecule has 0 radical (unpaired) electrons. The highest BCUT2D eigenvalue weighted by atomic mass is 79.9. The number of rotatable bonds is 5. The second-order valence-corrected chi connectivity index (χ2v) is 5.72. The third-order valence-corrected chi connectivity index (χ3v) is 4.11. The van der Waals surface area contributed by atoms with Crippen LogP contribution in [0.4, 0.5) is 11.4 Å². The van der Waals surface area contributed by atoms with Crippen LogP contribution in [0, 0.1) is 17.0 Å². The van der Waals surface area contributed by atoms with Crippen molar-refractivity contribution in [3.8, 4) is 5.75 Å². The molecule has 0 spiro atoms. The van der Waals surface area contributed by atoms with E-state index in [2.05, 4.69) is 26.3 Å². The number of nitro benzene ring substituents is 1. The number of carbonyl (C=O) groups is 1. The number of aromatic nitrogens is 2. The highest BCUT2D eigenvalue weighted by Crippen LogP contribution is 2.26. The summed E-state index contributed by atoms with van der Waals surface area (Å²) in [5, 5.41) is 17.7.